The third kappa shape index (κ3) is 1.45. The molecule has 0 bridgehead atoms. The topological polar surface area (TPSA) is 24.8 Å². The summed E-state index contributed by atoms with van der Waals surface area (Å²) in [6, 6.07) is 8.27. The highest BCUT2D eigenvalue weighted by atomic mass is 16.6. The fourth-order valence-electron chi connectivity index (χ4n) is 1.78. The second kappa shape index (κ2) is 3.70. The Labute approximate surface area is 84.0 Å². The monoisotopic (exact) mass is 190 g/mol. The van der Waals surface area contributed by atoms with Gasteiger partial charge in [0.2, 0.25) is 0 Å². The lowest BCUT2D eigenvalue weighted by molar-refractivity contribution is 0.212. The zero-order valence-electron chi connectivity index (χ0n) is 8.53. The molecule has 0 saturated carbocycles. The molecule has 1 aliphatic rings. The number of para-hydroxylation sites is 1. The Hall–Kier alpha value is -1.51. The van der Waals surface area contributed by atoms with Crippen molar-refractivity contribution in [3.63, 3.8) is 0 Å². The van der Waals surface area contributed by atoms with Gasteiger partial charge in [-0.05, 0) is 6.07 Å². The average Bonchev–Trinajstić information content (AvgIpc) is 2.23. The second-order valence-corrected chi connectivity index (χ2v) is 3.41. The van der Waals surface area contributed by atoms with Crippen LogP contribution < -0.4 is 4.90 Å². The van der Waals surface area contributed by atoms with Crippen molar-refractivity contribution in [2.45, 2.75) is 6.42 Å². The van der Waals surface area contributed by atoms with Crippen molar-refractivity contribution in [3.05, 3.63) is 29.8 Å². The van der Waals surface area contributed by atoms with Crippen LogP contribution in [0.4, 0.5) is 5.69 Å². The normalized spacial score (nSPS) is 18.1. The first kappa shape index (κ1) is 9.06. The molecular weight excluding hydrogens is 176 g/mol. The van der Waals surface area contributed by atoms with Crippen LogP contribution in [0, 0.1) is 0 Å². The van der Waals surface area contributed by atoms with Crippen LogP contribution in [-0.4, -0.2) is 26.4 Å². The highest BCUT2D eigenvalue weighted by Gasteiger charge is 2.18. The molecule has 14 heavy (non-hydrogen) atoms. The summed E-state index contributed by atoms with van der Waals surface area (Å²) in [5.74, 6) is 0. The molecule has 0 saturated heterocycles. The van der Waals surface area contributed by atoms with E-state index in [2.05, 4.69) is 29.2 Å². The van der Waals surface area contributed by atoms with E-state index in [9.17, 15) is 0 Å². The lowest BCUT2D eigenvalue weighted by Gasteiger charge is -2.27. The molecule has 0 unspecified atom stereocenters. The molecular formula is C11H14N2O. The predicted molar refractivity (Wildman–Crippen MR) is 57.9 cm³/mol. The van der Waals surface area contributed by atoms with E-state index >= 15 is 0 Å². The minimum Gasteiger partial charge on any atom is -0.399 e. The number of nitrogens with zero attached hydrogens (tertiary/aromatic N) is 2. The van der Waals surface area contributed by atoms with Crippen LogP contribution in [0.15, 0.2) is 29.4 Å². The molecule has 74 valence electrons. The van der Waals surface area contributed by atoms with E-state index in [1.165, 1.54) is 11.3 Å². The lowest BCUT2D eigenvalue weighted by Crippen LogP contribution is -2.28. The van der Waals surface area contributed by atoms with Crippen LogP contribution in [-0.2, 0) is 4.84 Å². The predicted octanol–water partition coefficient (Wildman–Crippen LogP) is 1.88. The van der Waals surface area contributed by atoms with Crippen molar-refractivity contribution >= 4 is 11.4 Å². The number of anilines is 1. The first-order valence-corrected chi connectivity index (χ1v) is 4.73. The van der Waals surface area contributed by atoms with Crippen molar-refractivity contribution in [1.29, 1.82) is 0 Å². The van der Waals surface area contributed by atoms with E-state index in [1.54, 1.807) is 7.11 Å². The highest BCUT2D eigenvalue weighted by Crippen LogP contribution is 2.25. The summed E-state index contributed by atoms with van der Waals surface area (Å²) in [4.78, 5) is 7.08. The molecule has 0 spiro atoms. The molecule has 1 aliphatic heterocycles. The molecule has 0 radical (unpaired) electrons. The van der Waals surface area contributed by atoms with Gasteiger partial charge in [0, 0.05) is 31.3 Å². The van der Waals surface area contributed by atoms with Crippen LogP contribution in [0.2, 0.25) is 0 Å². The van der Waals surface area contributed by atoms with Crippen LogP contribution in [0.3, 0.4) is 0 Å². The van der Waals surface area contributed by atoms with Crippen molar-refractivity contribution in [1.82, 2.24) is 0 Å². The van der Waals surface area contributed by atoms with Crippen LogP contribution >= 0.6 is 0 Å². The zero-order valence-corrected chi connectivity index (χ0v) is 8.53. The van der Waals surface area contributed by atoms with Crippen molar-refractivity contribution in [2.24, 2.45) is 5.16 Å². The lowest BCUT2D eigenvalue weighted by atomic mass is 10.0. The van der Waals surface area contributed by atoms with E-state index in [1.807, 2.05) is 12.1 Å². The molecule has 0 amide bonds. The third-order valence-electron chi connectivity index (χ3n) is 2.51. The van der Waals surface area contributed by atoms with Gasteiger partial charge in [0.1, 0.15) is 7.11 Å². The van der Waals surface area contributed by atoms with Gasteiger partial charge < -0.3 is 9.74 Å². The molecule has 3 nitrogen and oxygen atoms in total. The molecule has 0 fully saturated rings. The summed E-state index contributed by atoms with van der Waals surface area (Å²) >= 11 is 0. The van der Waals surface area contributed by atoms with E-state index in [4.69, 9.17) is 4.84 Å². The zero-order chi connectivity index (χ0) is 9.97. The van der Waals surface area contributed by atoms with Gasteiger partial charge in [0.25, 0.3) is 0 Å². The number of hydrogen-bond acceptors (Lipinski definition) is 3. The molecule has 2 rings (SSSR count). The maximum absolute atomic E-state index is 4.84. The molecule has 1 aromatic rings. The quantitative estimate of drug-likeness (QED) is 0.631. The van der Waals surface area contributed by atoms with Crippen LogP contribution in [0.25, 0.3) is 0 Å². The molecule has 0 aromatic heterocycles. The Balaban J connectivity index is 2.47. The first-order chi connectivity index (χ1) is 6.83. The van der Waals surface area contributed by atoms with Gasteiger partial charge in [0.15, 0.2) is 0 Å². The SMILES string of the molecule is CON=C1CCN(C)c2ccccc21. The second-order valence-electron chi connectivity index (χ2n) is 3.41. The summed E-state index contributed by atoms with van der Waals surface area (Å²) in [6.45, 7) is 0.999. The molecule has 0 atom stereocenters. The number of rotatable bonds is 1. The summed E-state index contributed by atoms with van der Waals surface area (Å²) in [5, 5.41) is 4.05. The molecule has 1 heterocycles. The Morgan fingerprint density at radius 1 is 1.36 bits per heavy atom. The van der Waals surface area contributed by atoms with E-state index < -0.39 is 0 Å². The standard InChI is InChI=1S/C11H14N2O/c1-13-8-7-10(12-14-2)9-5-3-4-6-11(9)13/h3-6H,7-8H2,1-2H3. The number of oxime groups is 1. The van der Waals surface area contributed by atoms with Crippen molar-refractivity contribution in [2.75, 3.05) is 25.6 Å². The Bertz CT molecular complexity index is 360. The van der Waals surface area contributed by atoms with Gasteiger partial charge in [-0.2, -0.15) is 0 Å². The van der Waals surface area contributed by atoms with Gasteiger partial charge in [0.05, 0.1) is 5.71 Å². The molecule has 0 N–H and O–H groups in total. The van der Waals surface area contributed by atoms with Gasteiger partial charge in [-0.25, -0.2) is 0 Å². The molecule has 0 aliphatic carbocycles. The van der Waals surface area contributed by atoms with E-state index in [-0.39, 0.29) is 0 Å². The van der Waals surface area contributed by atoms with Gasteiger partial charge in [-0.3, -0.25) is 0 Å². The summed E-state index contributed by atoms with van der Waals surface area (Å²) in [5.41, 5.74) is 3.46. The van der Waals surface area contributed by atoms with Crippen LogP contribution in [0.5, 0.6) is 0 Å². The summed E-state index contributed by atoms with van der Waals surface area (Å²) in [7, 11) is 3.69. The Morgan fingerprint density at radius 2 is 2.14 bits per heavy atom. The van der Waals surface area contributed by atoms with E-state index in [0.717, 1.165) is 18.7 Å². The van der Waals surface area contributed by atoms with Gasteiger partial charge >= 0.3 is 0 Å². The summed E-state index contributed by atoms with van der Waals surface area (Å²) in [6.07, 6.45) is 0.946. The Morgan fingerprint density at radius 3 is 2.93 bits per heavy atom. The largest absolute Gasteiger partial charge is 0.399 e. The average molecular weight is 190 g/mol. The number of fused-ring (bicyclic) bond motifs is 1. The van der Waals surface area contributed by atoms with Crippen molar-refractivity contribution in [3.8, 4) is 0 Å². The minimum absolute atomic E-state index is 0.946. The van der Waals surface area contributed by atoms with Gasteiger partial charge in [-0.1, -0.05) is 23.4 Å². The van der Waals surface area contributed by atoms with Crippen LogP contribution in [0.1, 0.15) is 12.0 Å². The van der Waals surface area contributed by atoms with Gasteiger partial charge in [-0.15, -0.1) is 0 Å². The van der Waals surface area contributed by atoms with E-state index in [0.29, 0.717) is 0 Å². The number of hydrogen-bond donors (Lipinski definition) is 0. The highest BCUT2D eigenvalue weighted by molar-refractivity contribution is 6.06. The maximum atomic E-state index is 4.84. The minimum atomic E-state index is 0.946. The molecule has 3 heteroatoms. The number of benzene rings is 1. The Kier molecular flexibility index (Phi) is 2.39. The van der Waals surface area contributed by atoms with Crippen molar-refractivity contribution < 1.29 is 4.84 Å². The fourth-order valence-corrected chi connectivity index (χ4v) is 1.78. The molecule has 1 aromatic carbocycles. The first-order valence-electron chi connectivity index (χ1n) is 4.73. The maximum Gasteiger partial charge on any atom is 0.106 e. The third-order valence-corrected chi connectivity index (χ3v) is 2.51. The summed E-state index contributed by atoms with van der Waals surface area (Å²) < 4.78 is 0. The smallest absolute Gasteiger partial charge is 0.106 e. The fraction of sp³-hybridized carbons (Fsp3) is 0.364.